The second-order valence-corrected chi connectivity index (χ2v) is 7.54. The highest BCUT2D eigenvalue weighted by Gasteiger charge is 2.14. The van der Waals surface area contributed by atoms with Crippen molar-refractivity contribution in [3.8, 4) is 10.6 Å². The second-order valence-electron chi connectivity index (χ2n) is 5.51. The standard InChI is InChI=1S/C17H18FN5S2/c1-3-4-13-12(9-24-17-21-10(2)7-15(19)23-17)22-16(25-13)11-5-6-20-14(18)8-11/h5-8H,3-4,9H2,1-2H3,(H2,19,21,23). The molecule has 25 heavy (non-hydrogen) atoms. The zero-order valence-electron chi connectivity index (χ0n) is 14.0. The lowest BCUT2D eigenvalue weighted by Gasteiger charge is -2.03. The van der Waals surface area contributed by atoms with Crippen LogP contribution in [0.1, 0.15) is 29.6 Å². The number of pyridine rings is 1. The highest BCUT2D eigenvalue weighted by atomic mass is 32.2. The average Bonchev–Trinajstić information content (AvgIpc) is 2.96. The number of rotatable bonds is 6. The van der Waals surface area contributed by atoms with Crippen LogP contribution in [0.2, 0.25) is 0 Å². The van der Waals surface area contributed by atoms with E-state index in [9.17, 15) is 4.39 Å². The molecule has 0 bridgehead atoms. The van der Waals surface area contributed by atoms with Crippen molar-refractivity contribution in [1.29, 1.82) is 0 Å². The monoisotopic (exact) mass is 375 g/mol. The van der Waals surface area contributed by atoms with Crippen molar-refractivity contribution >= 4 is 28.9 Å². The van der Waals surface area contributed by atoms with Gasteiger partial charge >= 0.3 is 0 Å². The predicted octanol–water partition coefficient (Wildman–Crippen LogP) is 4.27. The van der Waals surface area contributed by atoms with Gasteiger partial charge in [-0.05, 0) is 19.4 Å². The topological polar surface area (TPSA) is 77.6 Å². The van der Waals surface area contributed by atoms with Crippen molar-refractivity contribution in [1.82, 2.24) is 19.9 Å². The van der Waals surface area contributed by atoms with Crippen LogP contribution in [0.15, 0.2) is 29.6 Å². The van der Waals surface area contributed by atoms with E-state index in [1.54, 1.807) is 23.5 Å². The van der Waals surface area contributed by atoms with E-state index < -0.39 is 5.95 Å². The Labute approximate surface area is 154 Å². The maximum atomic E-state index is 13.4. The Bertz CT molecular complexity index is 861. The SMILES string of the molecule is CCCc1sc(-c2ccnc(F)c2)nc1CSc1nc(C)cc(N)n1. The molecule has 3 aromatic rings. The van der Waals surface area contributed by atoms with Crippen LogP contribution in [-0.4, -0.2) is 19.9 Å². The largest absolute Gasteiger partial charge is 0.384 e. The summed E-state index contributed by atoms with van der Waals surface area (Å²) in [5.41, 5.74) is 8.37. The van der Waals surface area contributed by atoms with Crippen LogP contribution in [-0.2, 0) is 12.2 Å². The number of thiazole rings is 1. The van der Waals surface area contributed by atoms with Crippen molar-refractivity contribution in [2.75, 3.05) is 5.73 Å². The van der Waals surface area contributed by atoms with Crippen LogP contribution in [0.5, 0.6) is 0 Å². The average molecular weight is 375 g/mol. The lowest BCUT2D eigenvalue weighted by Crippen LogP contribution is -1.97. The zero-order chi connectivity index (χ0) is 17.8. The Balaban J connectivity index is 1.84. The number of nitrogen functional groups attached to an aromatic ring is 1. The summed E-state index contributed by atoms with van der Waals surface area (Å²) in [4.78, 5) is 18.2. The van der Waals surface area contributed by atoms with Gasteiger partial charge in [0.2, 0.25) is 5.95 Å². The lowest BCUT2D eigenvalue weighted by atomic mass is 10.2. The van der Waals surface area contributed by atoms with Crippen molar-refractivity contribution in [2.45, 2.75) is 37.6 Å². The summed E-state index contributed by atoms with van der Waals surface area (Å²) in [6.45, 7) is 4.02. The predicted molar refractivity (Wildman–Crippen MR) is 100 cm³/mol. The summed E-state index contributed by atoms with van der Waals surface area (Å²) in [7, 11) is 0. The second kappa shape index (κ2) is 7.88. The normalized spacial score (nSPS) is 11.0. The zero-order valence-corrected chi connectivity index (χ0v) is 15.6. The van der Waals surface area contributed by atoms with Gasteiger partial charge in [0.15, 0.2) is 5.16 Å². The number of nitrogens with two attached hydrogens (primary N) is 1. The molecule has 0 aliphatic rings. The fourth-order valence-electron chi connectivity index (χ4n) is 2.34. The summed E-state index contributed by atoms with van der Waals surface area (Å²) in [5, 5.41) is 1.45. The minimum absolute atomic E-state index is 0.468. The van der Waals surface area contributed by atoms with E-state index in [0.717, 1.165) is 34.8 Å². The molecule has 0 saturated heterocycles. The van der Waals surface area contributed by atoms with Crippen LogP contribution >= 0.6 is 23.1 Å². The van der Waals surface area contributed by atoms with Crippen molar-refractivity contribution < 1.29 is 4.39 Å². The molecule has 3 rings (SSSR count). The van der Waals surface area contributed by atoms with Crippen LogP contribution in [0.4, 0.5) is 10.2 Å². The number of hydrogen-bond donors (Lipinski definition) is 1. The van der Waals surface area contributed by atoms with E-state index >= 15 is 0 Å². The molecule has 0 spiro atoms. The Morgan fingerprint density at radius 3 is 2.80 bits per heavy atom. The van der Waals surface area contributed by atoms with Crippen molar-refractivity contribution in [3.05, 3.63) is 46.6 Å². The minimum atomic E-state index is -0.496. The fraction of sp³-hybridized carbons (Fsp3) is 0.294. The molecule has 0 aliphatic heterocycles. The third-order valence-electron chi connectivity index (χ3n) is 3.42. The number of anilines is 1. The third-order valence-corrected chi connectivity index (χ3v) is 5.49. The van der Waals surface area contributed by atoms with Crippen molar-refractivity contribution in [2.24, 2.45) is 0 Å². The first-order valence-electron chi connectivity index (χ1n) is 7.89. The molecule has 0 fully saturated rings. The number of hydrogen-bond acceptors (Lipinski definition) is 7. The molecule has 0 saturated carbocycles. The first-order valence-corrected chi connectivity index (χ1v) is 9.70. The van der Waals surface area contributed by atoms with Crippen LogP contribution in [0, 0.1) is 12.9 Å². The van der Waals surface area contributed by atoms with Gasteiger partial charge in [-0.25, -0.2) is 19.9 Å². The Morgan fingerprint density at radius 2 is 2.08 bits per heavy atom. The molecule has 8 heteroatoms. The molecule has 3 heterocycles. The summed E-state index contributed by atoms with van der Waals surface area (Å²) >= 11 is 3.11. The molecule has 0 aliphatic carbocycles. The number of thioether (sulfide) groups is 1. The van der Waals surface area contributed by atoms with E-state index in [2.05, 4.69) is 21.9 Å². The van der Waals surface area contributed by atoms with E-state index in [-0.39, 0.29) is 0 Å². The fourth-order valence-corrected chi connectivity index (χ4v) is 4.49. The third kappa shape index (κ3) is 4.52. The number of aromatic nitrogens is 4. The number of nitrogens with zero attached hydrogens (tertiary/aromatic N) is 4. The van der Waals surface area contributed by atoms with Gasteiger partial charge in [0.05, 0.1) is 5.69 Å². The lowest BCUT2D eigenvalue weighted by molar-refractivity contribution is 0.584. The maximum Gasteiger partial charge on any atom is 0.213 e. The molecule has 3 aromatic heterocycles. The van der Waals surface area contributed by atoms with Gasteiger partial charge in [0.25, 0.3) is 0 Å². The van der Waals surface area contributed by atoms with E-state index in [4.69, 9.17) is 10.7 Å². The first kappa shape index (κ1) is 17.8. The highest BCUT2D eigenvalue weighted by molar-refractivity contribution is 7.98. The first-order chi connectivity index (χ1) is 12.0. The molecular formula is C17H18FN5S2. The van der Waals surface area contributed by atoms with Crippen LogP contribution in [0.3, 0.4) is 0 Å². The summed E-state index contributed by atoms with van der Waals surface area (Å²) in [5.74, 6) is 0.627. The van der Waals surface area contributed by atoms with Gasteiger partial charge in [0, 0.05) is 40.2 Å². The van der Waals surface area contributed by atoms with E-state index in [0.29, 0.717) is 16.7 Å². The van der Waals surface area contributed by atoms with Crippen molar-refractivity contribution in [3.63, 3.8) is 0 Å². The number of halogens is 1. The summed E-state index contributed by atoms with van der Waals surface area (Å²) in [6.07, 6.45) is 3.43. The van der Waals surface area contributed by atoms with Gasteiger partial charge < -0.3 is 5.73 Å². The molecule has 0 radical (unpaired) electrons. The molecule has 0 aromatic carbocycles. The summed E-state index contributed by atoms with van der Waals surface area (Å²) in [6, 6.07) is 4.93. The Kier molecular flexibility index (Phi) is 5.60. The van der Waals surface area contributed by atoms with Gasteiger partial charge in [-0.3, -0.25) is 0 Å². The van der Waals surface area contributed by atoms with E-state index in [1.807, 2.05) is 6.92 Å². The Morgan fingerprint density at radius 1 is 1.24 bits per heavy atom. The highest BCUT2D eigenvalue weighted by Crippen LogP contribution is 2.32. The van der Waals surface area contributed by atoms with E-state index in [1.165, 1.54) is 28.9 Å². The summed E-state index contributed by atoms with van der Waals surface area (Å²) < 4.78 is 13.4. The minimum Gasteiger partial charge on any atom is -0.384 e. The van der Waals surface area contributed by atoms with Gasteiger partial charge in [0.1, 0.15) is 10.8 Å². The van der Waals surface area contributed by atoms with Gasteiger partial charge in [-0.1, -0.05) is 25.1 Å². The molecule has 5 nitrogen and oxygen atoms in total. The smallest absolute Gasteiger partial charge is 0.213 e. The molecule has 130 valence electrons. The molecule has 0 unspecified atom stereocenters. The van der Waals surface area contributed by atoms with Gasteiger partial charge in [-0.2, -0.15) is 4.39 Å². The number of aryl methyl sites for hydroxylation is 2. The van der Waals surface area contributed by atoms with Gasteiger partial charge in [-0.15, -0.1) is 11.3 Å². The van der Waals surface area contributed by atoms with Crippen LogP contribution < -0.4 is 5.73 Å². The maximum absolute atomic E-state index is 13.4. The quantitative estimate of drug-likeness (QED) is 0.394. The molecule has 0 atom stereocenters. The Hall–Kier alpha value is -2.06. The molecule has 2 N–H and O–H groups in total. The van der Waals surface area contributed by atoms with Crippen LogP contribution in [0.25, 0.3) is 10.6 Å². The molecular weight excluding hydrogens is 357 g/mol. The molecule has 0 amide bonds.